The second kappa shape index (κ2) is 50.7. The Morgan fingerprint density at radius 2 is 0.784 bits per heavy atom. The lowest BCUT2D eigenvalue weighted by Gasteiger charge is -2.39. The van der Waals surface area contributed by atoms with Gasteiger partial charge in [0.2, 0.25) is 0 Å². The van der Waals surface area contributed by atoms with Crippen LogP contribution in [0.15, 0.2) is 137 Å². The molecule has 0 spiro atoms. The number of ether oxygens (including phenoxy) is 3. The summed E-state index contributed by atoms with van der Waals surface area (Å²) in [5, 5.41) is 75.5. The Labute approximate surface area is 830 Å². The van der Waals surface area contributed by atoms with Crippen molar-refractivity contribution in [3.63, 3.8) is 0 Å². The molecule has 37 heteroatoms. The highest BCUT2D eigenvalue weighted by atomic mass is 35.5. The quantitative estimate of drug-likeness (QED) is 0.0261. The van der Waals surface area contributed by atoms with E-state index < -0.39 is 0 Å². The van der Waals surface area contributed by atoms with Crippen molar-refractivity contribution in [2.24, 2.45) is 17.8 Å². The van der Waals surface area contributed by atoms with Crippen LogP contribution in [0, 0.1) is 51.7 Å². The number of aliphatic hydroxyl groups excluding tert-OH is 1. The van der Waals surface area contributed by atoms with Crippen molar-refractivity contribution in [2.75, 3.05) is 119 Å². The van der Waals surface area contributed by atoms with Crippen molar-refractivity contribution >= 4 is 111 Å². The first-order chi connectivity index (χ1) is 67.2. The number of nitrogens with one attached hydrogen (secondary N) is 6. The van der Waals surface area contributed by atoms with Gasteiger partial charge in [0.05, 0.1) is 72.1 Å². The van der Waals surface area contributed by atoms with Crippen molar-refractivity contribution < 1.29 is 38.5 Å². The lowest BCUT2D eigenvalue weighted by atomic mass is 9.93. The molecule has 7 aromatic heterocycles. The van der Waals surface area contributed by atoms with Gasteiger partial charge in [-0.15, -0.1) is 43.0 Å². The first-order valence-electron chi connectivity index (χ1n) is 48.4. The number of halogens is 4. The number of piperidine rings is 3. The zero-order chi connectivity index (χ0) is 96.4. The average molecular weight is 1970 g/mol. The summed E-state index contributed by atoms with van der Waals surface area (Å²) in [6.07, 6.45) is 21.9. The van der Waals surface area contributed by atoms with Crippen LogP contribution in [-0.4, -0.2) is 236 Å². The van der Waals surface area contributed by atoms with Gasteiger partial charge in [-0.25, -0.2) is 0 Å². The molecule has 139 heavy (non-hydrogen) atoms. The fraction of sp³-hybridized carbons (Fsp3) is 0.480. The molecule has 3 amide bonds. The molecule has 8 fully saturated rings. The monoisotopic (exact) mass is 1970 g/mol. The minimum Gasteiger partial charge on any atom is -0.490 e. The Hall–Kier alpha value is -12.1. The molecule has 5 aliphatic heterocycles. The topological polar surface area (TPSA) is 424 Å². The molecule has 3 aliphatic carbocycles. The second-order valence-corrected chi connectivity index (χ2v) is 38.1. The van der Waals surface area contributed by atoms with Gasteiger partial charge in [-0.1, -0.05) is 48.7 Å². The summed E-state index contributed by atoms with van der Waals surface area (Å²) in [5.74, 6) is 4.79. The number of amides is 3. The normalized spacial score (nSPS) is 20.1. The van der Waals surface area contributed by atoms with Crippen LogP contribution in [0.4, 0.5) is 17.5 Å². The van der Waals surface area contributed by atoms with E-state index in [2.05, 4.69) is 113 Å². The number of aryl methyl sites for hydroxylation is 2. The van der Waals surface area contributed by atoms with Gasteiger partial charge in [-0.2, -0.15) is 15.8 Å². The summed E-state index contributed by atoms with van der Waals surface area (Å²) in [4.78, 5) is 102. The summed E-state index contributed by atoms with van der Waals surface area (Å²) < 4.78 is 18.1. The number of nitrogens with zero attached hydrogens (tertiary/aromatic N) is 17. The number of aldehydes is 1. The number of nitriles is 3. The molecule has 3 aromatic carbocycles. The van der Waals surface area contributed by atoms with Gasteiger partial charge in [0.15, 0.2) is 34.5 Å². The number of H-pyrrole nitrogens is 2. The summed E-state index contributed by atoms with van der Waals surface area (Å²) in [6, 6.07) is 40.3. The van der Waals surface area contributed by atoms with Gasteiger partial charge in [-0.3, -0.25) is 43.7 Å². The van der Waals surface area contributed by atoms with Gasteiger partial charge in [-0.05, 0) is 248 Å². The fourth-order valence-electron chi connectivity index (χ4n) is 19.0. The van der Waals surface area contributed by atoms with Crippen LogP contribution in [0.1, 0.15) is 200 Å². The number of pyridine rings is 4. The number of rotatable bonds is 25. The zero-order valence-electron chi connectivity index (χ0n) is 78.5. The molecule has 7 N–H and O–H groups in total. The minimum atomic E-state index is -0.225. The van der Waals surface area contributed by atoms with E-state index in [1.54, 1.807) is 72.8 Å². The van der Waals surface area contributed by atoms with Crippen molar-refractivity contribution in [3.8, 4) is 35.5 Å². The summed E-state index contributed by atoms with van der Waals surface area (Å²) in [5.41, 5.74) is 9.40. The number of carbonyl (C=O) groups excluding carboxylic acids is 4. The summed E-state index contributed by atoms with van der Waals surface area (Å²) >= 11 is 18.3. The van der Waals surface area contributed by atoms with E-state index >= 15 is 0 Å². The van der Waals surface area contributed by atoms with Crippen LogP contribution in [0.2, 0.25) is 15.1 Å². The van der Waals surface area contributed by atoms with Crippen molar-refractivity contribution in [1.29, 1.82) is 15.8 Å². The molecule has 18 rings (SSSR count). The Morgan fingerprint density at radius 1 is 0.439 bits per heavy atom. The first-order valence-corrected chi connectivity index (χ1v) is 49.6. The predicted octanol–water partition coefficient (Wildman–Crippen LogP) is 13.1. The van der Waals surface area contributed by atoms with E-state index in [0.717, 1.165) is 301 Å². The van der Waals surface area contributed by atoms with Crippen LogP contribution < -0.4 is 61.3 Å². The van der Waals surface area contributed by atoms with E-state index in [1.807, 2.05) is 74.8 Å². The smallest absolute Gasteiger partial charge is 0.272 e. The van der Waals surface area contributed by atoms with Gasteiger partial charge in [0, 0.05) is 184 Å². The Morgan fingerprint density at radius 3 is 1.11 bits per heavy atom. The molecule has 12 heterocycles. The Bertz CT molecular complexity index is 6050. The van der Waals surface area contributed by atoms with Gasteiger partial charge < -0.3 is 74.9 Å². The number of benzene rings is 3. The number of hydrogen-bond acceptors (Lipinski definition) is 28. The molecule has 33 nitrogen and oxygen atoms in total. The number of aromatic nitrogens is 10. The molecule has 732 valence electrons. The third kappa shape index (κ3) is 28.8. The number of aliphatic hydroxyl groups is 1. The van der Waals surface area contributed by atoms with E-state index in [4.69, 9.17) is 64.8 Å². The third-order valence-corrected chi connectivity index (χ3v) is 28.3. The van der Waals surface area contributed by atoms with Crippen molar-refractivity contribution in [2.45, 2.75) is 192 Å². The molecule has 8 aliphatic rings. The van der Waals surface area contributed by atoms with Crippen molar-refractivity contribution in [3.05, 3.63) is 219 Å². The standard InChI is InChI=1S/C39H46ClN9O3.C24H28ClN5O3.C24H26ClN5O3.C15H20N4O.ClH/c1-2-28-20-35-36(44-38(28)50)19-27(23-42-35)25-48-17-15-47(16-18-48)24-26-11-13-49(14-12-26)37-10-9-34(45-46-37)39(51)43-30-4-7-31(8-5-30)52-32-6-3-29(22-41)33(40)21-32;2*25-21-13-20(4-1-17(21)14-26)33-19-5-2-18(3-6-19)27-24(32)22-7-8-23(29-28-22)30-11-9-16(15-31)10-12-30;1-2-12-8-13-14(18-15(12)20)7-11(9-17-13)10-19-5-3-16-4-6-19;/h3,6,9-10,19-21,23,26,30-31H,2,4-5,7-8,11-18,24-25H2,1H3,(H,43,51)(H,44,50);1,4,7-8,13,16,18-19,31H,2-3,5-6,9-12,15H2,(H,27,32);1,4,7-8,13,15-16,18-19H,2-3,5-6,9-12H2,(H,27,32);7-9,16H,2-6,10H2,1H3,(H,18,20);1H. The number of fused-ring (bicyclic) bond motifs is 2. The van der Waals surface area contributed by atoms with Crippen LogP contribution in [0.25, 0.3) is 22.1 Å². The van der Waals surface area contributed by atoms with Crippen LogP contribution in [0.5, 0.6) is 17.2 Å². The predicted molar refractivity (Wildman–Crippen MR) is 536 cm³/mol. The summed E-state index contributed by atoms with van der Waals surface area (Å²) in [7, 11) is 0. The maximum Gasteiger partial charge on any atom is 0.272 e. The second-order valence-electron chi connectivity index (χ2n) is 36.9. The van der Waals surface area contributed by atoms with E-state index in [1.165, 1.54) is 0 Å². The minimum absolute atomic E-state index is 0. The maximum absolute atomic E-state index is 13.0. The molecule has 10 aromatic rings. The lowest BCUT2D eigenvalue weighted by Crippen LogP contribution is -2.48. The first kappa shape index (κ1) is 103. The molecular formula is C102H121Cl4N23O10. The number of piperazine rings is 2. The third-order valence-electron chi connectivity index (χ3n) is 27.4. The van der Waals surface area contributed by atoms with E-state index in [0.29, 0.717) is 84.3 Å². The number of aromatic amines is 2. The van der Waals surface area contributed by atoms with E-state index in [9.17, 15) is 33.9 Å². The largest absolute Gasteiger partial charge is 0.490 e. The molecule has 3 saturated carbocycles. The molecule has 0 radical (unpaired) electrons. The van der Waals surface area contributed by atoms with Crippen LogP contribution >= 0.6 is 47.2 Å². The molecule has 0 unspecified atom stereocenters. The Balaban J connectivity index is 0.000000155. The maximum atomic E-state index is 13.0. The number of anilines is 3. The van der Waals surface area contributed by atoms with Crippen LogP contribution in [-0.2, 0) is 30.7 Å². The highest BCUT2D eigenvalue weighted by Gasteiger charge is 2.32. The highest BCUT2D eigenvalue weighted by molar-refractivity contribution is 6.32. The lowest BCUT2D eigenvalue weighted by molar-refractivity contribution is -0.111. The molecule has 5 saturated heterocycles. The van der Waals surface area contributed by atoms with E-state index in [-0.39, 0.29) is 90.2 Å². The van der Waals surface area contributed by atoms with Gasteiger partial charge in [0.1, 0.15) is 41.7 Å². The average Bonchev–Trinajstić information content (AvgIpc) is 0.845. The SMILES string of the molecule is CCc1cc2ncc(CN3CCN(CC4CCN(c5ccc(C(=O)NC6CCC(Oc7ccc(C#N)c(Cl)c7)CC6)nn5)CC4)CC3)cc2[nH]c1=O.CCc1cc2ncc(CN3CCNCC3)cc2[nH]c1=O.Cl.N#Cc1ccc(OC2CCC(NC(=O)c3ccc(N4CCC(C=O)CC4)nn3)CC2)cc1Cl.N#Cc1ccc(OC2CCC(NC(=O)c3ccc(N4CCC(CO)CC4)nn3)CC2)cc1Cl. The Kier molecular flexibility index (Phi) is 37.5. The number of hydrogen-bond donors (Lipinski definition) is 7. The van der Waals surface area contributed by atoms with Crippen LogP contribution in [0.3, 0.4) is 0 Å². The fourth-order valence-corrected chi connectivity index (χ4v) is 19.7. The number of carbonyl (C=O) groups is 4. The highest BCUT2D eigenvalue weighted by Crippen LogP contribution is 2.34. The molecular weight excluding hydrogens is 1850 g/mol. The summed E-state index contributed by atoms with van der Waals surface area (Å²) in [6.45, 7) is 20.4. The zero-order valence-corrected chi connectivity index (χ0v) is 81.6. The van der Waals surface area contributed by atoms with Gasteiger partial charge >= 0.3 is 0 Å². The molecule has 0 atom stereocenters. The van der Waals surface area contributed by atoms with Crippen molar-refractivity contribution in [1.82, 2.24) is 86.5 Å². The van der Waals surface area contributed by atoms with Gasteiger partial charge in [0.25, 0.3) is 28.8 Å². The molecule has 0 bridgehead atoms.